The van der Waals surface area contributed by atoms with Crippen molar-refractivity contribution in [2.24, 2.45) is 5.41 Å². The van der Waals surface area contributed by atoms with Gasteiger partial charge in [-0.3, -0.25) is 9.59 Å². The number of Topliss-reactive ketones (excluding diaryl/α,β-unsaturated/α-hetero) is 1. The lowest BCUT2D eigenvalue weighted by Gasteiger charge is -2.22. The Bertz CT molecular complexity index is 1010. The molecule has 0 saturated heterocycles. The van der Waals surface area contributed by atoms with Crippen LogP contribution in [0.2, 0.25) is 0 Å². The molecule has 0 aliphatic rings. The summed E-state index contributed by atoms with van der Waals surface area (Å²) in [5.41, 5.74) is 1.64. The Morgan fingerprint density at radius 2 is 1.54 bits per heavy atom. The molecule has 0 amide bonds. The summed E-state index contributed by atoms with van der Waals surface area (Å²) in [7, 11) is 1.45. The third-order valence-electron chi connectivity index (χ3n) is 4.55. The summed E-state index contributed by atoms with van der Waals surface area (Å²) in [5, 5.41) is 1.40. The first-order valence-electron chi connectivity index (χ1n) is 8.64. The van der Waals surface area contributed by atoms with Crippen LogP contribution in [0, 0.1) is 5.41 Å². The third-order valence-corrected chi connectivity index (χ3v) is 4.55. The lowest BCUT2D eigenvalue weighted by Crippen LogP contribution is -2.32. The van der Waals surface area contributed by atoms with E-state index in [1.165, 1.54) is 11.8 Å². The highest BCUT2D eigenvalue weighted by Crippen LogP contribution is 2.32. The summed E-state index contributed by atoms with van der Waals surface area (Å²) in [5.74, 6) is 0.0511. The second-order valence-corrected chi connectivity index (χ2v) is 7.37. The molecule has 1 aromatic heterocycles. The lowest BCUT2D eigenvalue weighted by molar-refractivity contribution is -0.125. The van der Waals surface area contributed by atoms with Gasteiger partial charge >= 0.3 is 0 Å². The van der Waals surface area contributed by atoms with E-state index >= 15 is 0 Å². The van der Waals surface area contributed by atoms with Gasteiger partial charge in [-0.25, -0.2) is 0 Å². The number of hydrogen-bond donors (Lipinski definition) is 0. The van der Waals surface area contributed by atoms with Gasteiger partial charge in [-0.1, -0.05) is 69.3 Å². The van der Waals surface area contributed by atoms with Crippen molar-refractivity contribution in [2.75, 3.05) is 7.11 Å². The average Bonchev–Trinajstić information content (AvgIpc) is 2.62. The average molecular weight is 349 g/mol. The van der Waals surface area contributed by atoms with Crippen molar-refractivity contribution < 1.29 is 9.63 Å². The van der Waals surface area contributed by atoms with Gasteiger partial charge in [-0.05, 0) is 17.0 Å². The number of ketones is 1. The van der Waals surface area contributed by atoms with Gasteiger partial charge in [0.2, 0.25) is 0 Å². The van der Waals surface area contributed by atoms with Crippen LogP contribution in [-0.4, -0.2) is 17.6 Å². The molecule has 0 radical (unpaired) electrons. The highest BCUT2D eigenvalue weighted by atomic mass is 16.6. The molecule has 0 aliphatic heterocycles. The van der Waals surface area contributed by atoms with Crippen molar-refractivity contribution in [1.29, 1.82) is 0 Å². The van der Waals surface area contributed by atoms with Gasteiger partial charge in [0.25, 0.3) is 5.56 Å². The molecule has 0 spiro atoms. The summed E-state index contributed by atoms with van der Waals surface area (Å²) in [6, 6.07) is 17.2. The molecule has 0 unspecified atom stereocenters. The van der Waals surface area contributed by atoms with E-state index in [1.807, 2.05) is 69.3 Å². The summed E-state index contributed by atoms with van der Waals surface area (Å²) in [6.07, 6.45) is 0.127. The second-order valence-electron chi connectivity index (χ2n) is 7.37. The molecule has 3 rings (SSSR count). The van der Waals surface area contributed by atoms with E-state index in [9.17, 15) is 9.59 Å². The Kier molecular flexibility index (Phi) is 4.68. The van der Waals surface area contributed by atoms with Gasteiger partial charge in [0.1, 0.15) is 12.9 Å². The maximum Gasteiger partial charge on any atom is 0.291 e. The Labute approximate surface area is 153 Å². The monoisotopic (exact) mass is 349 g/mol. The molecule has 4 nitrogen and oxygen atoms in total. The first kappa shape index (κ1) is 17.9. The summed E-state index contributed by atoms with van der Waals surface area (Å²) < 4.78 is 1.26. The van der Waals surface area contributed by atoms with Crippen LogP contribution in [0.3, 0.4) is 0 Å². The van der Waals surface area contributed by atoms with Crippen LogP contribution in [0.25, 0.3) is 21.9 Å². The number of carbonyl (C=O) groups excluding carboxylic acids is 1. The number of rotatable bonds is 4. The van der Waals surface area contributed by atoms with Crippen molar-refractivity contribution in [3.05, 3.63) is 70.6 Å². The van der Waals surface area contributed by atoms with E-state index < -0.39 is 5.41 Å². The van der Waals surface area contributed by atoms with Crippen molar-refractivity contribution >= 4 is 16.6 Å². The van der Waals surface area contributed by atoms with Crippen molar-refractivity contribution in [2.45, 2.75) is 27.2 Å². The van der Waals surface area contributed by atoms with Gasteiger partial charge in [0, 0.05) is 11.0 Å². The molecule has 0 aliphatic carbocycles. The minimum Gasteiger partial charge on any atom is -0.414 e. The SMILES string of the molecule is COn1c(CC(=O)C(C)(C)C)c(-c2ccccc2)c2ccccc2c1=O. The zero-order valence-electron chi connectivity index (χ0n) is 15.6. The minimum absolute atomic E-state index is 0.0511. The lowest BCUT2D eigenvalue weighted by atomic mass is 9.86. The van der Waals surface area contributed by atoms with Gasteiger partial charge in [-0.2, -0.15) is 0 Å². The molecule has 0 fully saturated rings. The summed E-state index contributed by atoms with van der Waals surface area (Å²) in [4.78, 5) is 31.1. The number of fused-ring (bicyclic) bond motifs is 1. The van der Waals surface area contributed by atoms with Gasteiger partial charge < -0.3 is 4.84 Å². The second kappa shape index (κ2) is 6.79. The highest BCUT2D eigenvalue weighted by molar-refractivity contribution is 5.99. The van der Waals surface area contributed by atoms with Crippen LogP contribution in [-0.2, 0) is 11.2 Å². The Hall–Kier alpha value is -2.88. The quantitative estimate of drug-likeness (QED) is 0.718. The summed E-state index contributed by atoms with van der Waals surface area (Å²) >= 11 is 0. The highest BCUT2D eigenvalue weighted by Gasteiger charge is 2.26. The molecule has 4 heteroatoms. The molecule has 134 valence electrons. The van der Waals surface area contributed by atoms with E-state index in [1.54, 1.807) is 6.07 Å². The van der Waals surface area contributed by atoms with Crippen LogP contribution < -0.4 is 10.4 Å². The maximum atomic E-state index is 12.9. The molecule has 0 N–H and O–H groups in total. The number of nitrogens with zero attached hydrogens (tertiary/aromatic N) is 1. The molecular formula is C22H23NO3. The first-order chi connectivity index (χ1) is 12.3. The van der Waals surface area contributed by atoms with Crippen LogP contribution in [0.15, 0.2) is 59.4 Å². The largest absolute Gasteiger partial charge is 0.414 e. The number of pyridine rings is 1. The van der Waals surface area contributed by atoms with Crippen LogP contribution in [0.4, 0.5) is 0 Å². The number of carbonyl (C=O) groups is 1. The molecule has 26 heavy (non-hydrogen) atoms. The minimum atomic E-state index is -0.506. The van der Waals surface area contributed by atoms with E-state index in [0.717, 1.165) is 16.5 Å². The van der Waals surface area contributed by atoms with Crippen molar-refractivity contribution in [1.82, 2.24) is 4.73 Å². The molecule has 0 bridgehead atoms. The van der Waals surface area contributed by atoms with Crippen LogP contribution in [0.1, 0.15) is 26.5 Å². The zero-order valence-corrected chi connectivity index (χ0v) is 15.6. The number of hydrogen-bond acceptors (Lipinski definition) is 3. The molecule has 1 heterocycles. The standard InChI is InChI=1S/C22H23NO3/c1-22(2,3)19(24)14-18-20(15-10-6-5-7-11-15)16-12-8-9-13-17(16)21(25)23(18)26-4/h5-13H,14H2,1-4H3. The zero-order chi connectivity index (χ0) is 18.9. The fourth-order valence-corrected chi connectivity index (χ4v) is 3.07. The predicted molar refractivity (Wildman–Crippen MR) is 104 cm³/mol. The molecule has 3 aromatic rings. The predicted octanol–water partition coefficient (Wildman–Crippen LogP) is 3.88. The maximum absolute atomic E-state index is 12.9. The Balaban J connectivity index is 2.40. The van der Waals surface area contributed by atoms with Crippen molar-refractivity contribution in [3.63, 3.8) is 0 Å². The summed E-state index contributed by atoms with van der Waals surface area (Å²) in [6.45, 7) is 5.65. The topological polar surface area (TPSA) is 48.3 Å². The number of benzene rings is 2. The molecule has 2 aromatic carbocycles. The Morgan fingerprint density at radius 3 is 2.12 bits per heavy atom. The van der Waals surface area contributed by atoms with Crippen molar-refractivity contribution in [3.8, 4) is 11.1 Å². The molecule has 0 atom stereocenters. The molecule has 0 saturated carbocycles. The van der Waals surface area contributed by atoms with Crippen LogP contribution >= 0.6 is 0 Å². The van der Waals surface area contributed by atoms with Crippen LogP contribution in [0.5, 0.6) is 0 Å². The van der Waals surface area contributed by atoms with Gasteiger partial charge in [0.05, 0.1) is 17.5 Å². The van der Waals surface area contributed by atoms with E-state index in [-0.39, 0.29) is 17.8 Å². The van der Waals surface area contributed by atoms with Gasteiger partial charge in [-0.15, -0.1) is 4.73 Å². The fraction of sp³-hybridized carbons (Fsp3) is 0.273. The number of aromatic nitrogens is 1. The van der Waals surface area contributed by atoms with E-state index in [0.29, 0.717) is 11.1 Å². The van der Waals surface area contributed by atoms with E-state index in [4.69, 9.17) is 4.84 Å². The van der Waals surface area contributed by atoms with E-state index in [2.05, 4.69) is 0 Å². The normalized spacial score (nSPS) is 11.5. The Morgan fingerprint density at radius 1 is 0.962 bits per heavy atom. The van der Waals surface area contributed by atoms with Gasteiger partial charge in [0.15, 0.2) is 0 Å². The molecular weight excluding hydrogens is 326 g/mol. The fourth-order valence-electron chi connectivity index (χ4n) is 3.07. The smallest absolute Gasteiger partial charge is 0.291 e. The first-order valence-corrected chi connectivity index (χ1v) is 8.64. The third kappa shape index (κ3) is 3.15.